The van der Waals surface area contributed by atoms with E-state index in [0.717, 1.165) is 22.4 Å². The van der Waals surface area contributed by atoms with E-state index in [0.29, 0.717) is 18.0 Å². The van der Waals surface area contributed by atoms with Crippen molar-refractivity contribution in [3.8, 4) is 0 Å². The number of rotatable bonds is 3. The fourth-order valence-electron chi connectivity index (χ4n) is 3.08. The molecule has 0 aromatic heterocycles. The largest absolute Gasteiger partial charge is 0.322 e. The second kappa shape index (κ2) is 7.70. The molecule has 1 aliphatic heterocycles. The zero-order chi connectivity index (χ0) is 19.6. The van der Waals surface area contributed by atoms with Crippen LogP contribution in [0.25, 0.3) is 0 Å². The number of aryl methyl sites for hydroxylation is 3. The van der Waals surface area contributed by atoms with E-state index in [1.54, 1.807) is 17.0 Å². The van der Waals surface area contributed by atoms with Crippen molar-refractivity contribution in [1.29, 1.82) is 0 Å². The van der Waals surface area contributed by atoms with Crippen LogP contribution in [0.3, 0.4) is 0 Å². The summed E-state index contributed by atoms with van der Waals surface area (Å²) in [5.41, 5.74) is 3.82. The quantitative estimate of drug-likeness (QED) is 0.880. The molecular weight excluding hydrogens is 362 g/mol. The molecule has 0 saturated carbocycles. The molecular formula is C20H25N3O3S. The number of piperazine rings is 1. The van der Waals surface area contributed by atoms with Gasteiger partial charge in [-0.25, -0.2) is 13.2 Å². The highest BCUT2D eigenvalue weighted by Gasteiger charge is 2.30. The molecule has 1 aliphatic rings. The predicted molar refractivity (Wildman–Crippen MR) is 106 cm³/mol. The smallest absolute Gasteiger partial charge is 0.321 e. The first-order valence-electron chi connectivity index (χ1n) is 8.97. The molecule has 1 heterocycles. The van der Waals surface area contributed by atoms with E-state index in [4.69, 9.17) is 0 Å². The fraction of sp³-hybridized carbons (Fsp3) is 0.350. The van der Waals surface area contributed by atoms with Gasteiger partial charge in [0.05, 0.1) is 4.90 Å². The van der Waals surface area contributed by atoms with Crippen LogP contribution in [-0.2, 0) is 10.0 Å². The number of hydrogen-bond acceptors (Lipinski definition) is 3. The van der Waals surface area contributed by atoms with Gasteiger partial charge in [0.25, 0.3) is 0 Å². The second-order valence-corrected chi connectivity index (χ2v) is 8.87. The Morgan fingerprint density at radius 2 is 1.63 bits per heavy atom. The zero-order valence-corrected chi connectivity index (χ0v) is 16.7. The molecule has 3 rings (SSSR count). The summed E-state index contributed by atoms with van der Waals surface area (Å²) in [6.45, 7) is 7.13. The van der Waals surface area contributed by atoms with Crippen molar-refractivity contribution < 1.29 is 13.2 Å². The standard InChI is InChI=1S/C20H25N3O3S/c1-15-5-4-6-18(13-15)21-20(24)22-9-11-23(12-10-22)27(25,26)19-8-7-16(2)17(3)14-19/h4-8,13-14H,9-12H2,1-3H3,(H,21,24). The summed E-state index contributed by atoms with van der Waals surface area (Å²) in [6, 6.07) is 12.6. The van der Waals surface area contributed by atoms with Crippen LogP contribution in [-0.4, -0.2) is 49.8 Å². The number of amides is 2. The third kappa shape index (κ3) is 4.31. The summed E-state index contributed by atoms with van der Waals surface area (Å²) < 4.78 is 27.2. The van der Waals surface area contributed by atoms with Gasteiger partial charge in [-0.15, -0.1) is 0 Å². The molecule has 0 bridgehead atoms. The van der Waals surface area contributed by atoms with Crippen LogP contribution in [0.1, 0.15) is 16.7 Å². The second-order valence-electron chi connectivity index (χ2n) is 6.94. The van der Waals surface area contributed by atoms with Gasteiger partial charge in [-0.05, 0) is 61.7 Å². The van der Waals surface area contributed by atoms with Gasteiger partial charge in [0.1, 0.15) is 0 Å². The Bertz CT molecular complexity index is 949. The van der Waals surface area contributed by atoms with Crippen molar-refractivity contribution in [1.82, 2.24) is 9.21 Å². The highest BCUT2D eigenvalue weighted by atomic mass is 32.2. The third-order valence-corrected chi connectivity index (χ3v) is 6.81. The number of anilines is 1. The molecule has 2 aromatic carbocycles. The van der Waals surface area contributed by atoms with E-state index in [2.05, 4.69) is 5.32 Å². The normalized spacial score (nSPS) is 15.6. The molecule has 2 aromatic rings. The number of benzene rings is 2. The molecule has 1 saturated heterocycles. The van der Waals surface area contributed by atoms with Crippen LogP contribution in [0, 0.1) is 20.8 Å². The first-order chi connectivity index (χ1) is 12.8. The average molecular weight is 388 g/mol. The van der Waals surface area contributed by atoms with Gasteiger partial charge in [0.2, 0.25) is 10.0 Å². The maximum Gasteiger partial charge on any atom is 0.321 e. The van der Waals surface area contributed by atoms with Crippen molar-refractivity contribution in [3.63, 3.8) is 0 Å². The van der Waals surface area contributed by atoms with Crippen LogP contribution in [0.5, 0.6) is 0 Å². The Labute approximate surface area is 160 Å². The molecule has 6 nitrogen and oxygen atoms in total. The van der Waals surface area contributed by atoms with E-state index in [1.165, 1.54) is 4.31 Å². The number of sulfonamides is 1. The lowest BCUT2D eigenvalue weighted by molar-refractivity contribution is 0.184. The Balaban J connectivity index is 1.64. The molecule has 0 spiro atoms. The Morgan fingerprint density at radius 3 is 2.26 bits per heavy atom. The van der Waals surface area contributed by atoms with Crippen LogP contribution < -0.4 is 5.32 Å². The lowest BCUT2D eigenvalue weighted by Gasteiger charge is -2.34. The van der Waals surface area contributed by atoms with Gasteiger partial charge in [-0.2, -0.15) is 4.31 Å². The van der Waals surface area contributed by atoms with Gasteiger partial charge in [-0.1, -0.05) is 18.2 Å². The highest BCUT2D eigenvalue weighted by Crippen LogP contribution is 2.21. The maximum absolute atomic E-state index is 12.9. The van der Waals surface area contributed by atoms with E-state index < -0.39 is 10.0 Å². The van der Waals surface area contributed by atoms with E-state index >= 15 is 0 Å². The summed E-state index contributed by atoms with van der Waals surface area (Å²) in [5.74, 6) is 0. The minimum atomic E-state index is -3.54. The molecule has 1 N–H and O–H groups in total. The Hall–Kier alpha value is -2.38. The van der Waals surface area contributed by atoms with Crippen molar-refractivity contribution in [3.05, 3.63) is 59.2 Å². The van der Waals surface area contributed by atoms with Gasteiger partial charge >= 0.3 is 6.03 Å². The first kappa shape index (κ1) is 19.4. The van der Waals surface area contributed by atoms with E-state index in [-0.39, 0.29) is 19.1 Å². The third-order valence-electron chi connectivity index (χ3n) is 4.91. The Kier molecular flexibility index (Phi) is 5.53. The minimum absolute atomic E-state index is 0.205. The van der Waals surface area contributed by atoms with Crippen LogP contribution in [0.2, 0.25) is 0 Å². The van der Waals surface area contributed by atoms with Gasteiger partial charge in [0.15, 0.2) is 0 Å². The Morgan fingerprint density at radius 1 is 0.926 bits per heavy atom. The SMILES string of the molecule is Cc1cccc(NC(=O)N2CCN(S(=O)(=O)c3ccc(C)c(C)c3)CC2)c1. The topological polar surface area (TPSA) is 69.7 Å². The van der Waals surface area contributed by atoms with E-state index in [9.17, 15) is 13.2 Å². The summed E-state index contributed by atoms with van der Waals surface area (Å²) in [5, 5.41) is 2.87. The minimum Gasteiger partial charge on any atom is -0.322 e. The van der Waals surface area contributed by atoms with Crippen molar-refractivity contribution in [2.75, 3.05) is 31.5 Å². The number of carbonyl (C=O) groups is 1. The molecule has 0 radical (unpaired) electrons. The number of urea groups is 1. The van der Waals surface area contributed by atoms with Gasteiger partial charge in [-0.3, -0.25) is 0 Å². The predicted octanol–water partition coefficient (Wildman–Crippen LogP) is 3.15. The molecule has 0 atom stereocenters. The summed E-state index contributed by atoms with van der Waals surface area (Å²) in [7, 11) is -3.54. The molecule has 2 amide bonds. The monoisotopic (exact) mass is 387 g/mol. The molecule has 0 unspecified atom stereocenters. The van der Waals surface area contributed by atoms with Gasteiger partial charge in [0, 0.05) is 31.9 Å². The first-order valence-corrected chi connectivity index (χ1v) is 10.4. The lowest BCUT2D eigenvalue weighted by Crippen LogP contribution is -2.51. The molecule has 7 heteroatoms. The lowest BCUT2D eigenvalue weighted by atomic mass is 10.1. The molecule has 27 heavy (non-hydrogen) atoms. The summed E-state index contributed by atoms with van der Waals surface area (Å²) in [6.07, 6.45) is 0. The molecule has 0 aliphatic carbocycles. The van der Waals surface area contributed by atoms with Crippen LogP contribution in [0.4, 0.5) is 10.5 Å². The highest BCUT2D eigenvalue weighted by molar-refractivity contribution is 7.89. The molecule has 1 fully saturated rings. The van der Waals surface area contributed by atoms with Crippen LogP contribution in [0.15, 0.2) is 47.4 Å². The number of nitrogens with zero attached hydrogens (tertiary/aromatic N) is 2. The molecule has 144 valence electrons. The average Bonchev–Trinajstić information content (AvgIpc) is 2.64. The number of carbonyl (C=O) groups excluding carboxylic acids is 1. The van der Waals surface area contributed by atoms with Crippen LogP contribution >= 0.6 is 0 Å². The maximum atomic E-state index is 12.9. The van der Waals surface area contributed by atoms with E-state index in [1.807, 2.05) is 51.1 Å². The van der Waals surface area contributed by atoms with Crippen molar-refractivity contribution in [2.45, 2.75) is 25.7 Å². The van der Waals surface area contributed by atoms with Crippen molar-refractivity contribution in [2.24, 2.45) is 0 Å². The summed E-state index contributed by atoms with van der Waals surface area (Å²) >= 11 is 0. The van der Waals surface area contributed by atoms with Crippen molar-refractivity contribution >= 4 is 21.7 Å². The fourth-order valence-corrected chi connectivity index (χ4v) is 4.59. The summed E-state index contributed by atoms with van der Waals surface area (Å²) in [4.78, 5) is 14.4. The zero-order valence-electron chi connectivity index (χ0n) is 15.9. The van der Waals surface area contributed by atoms with Gasteiger partial charge < -0.3 is 10.2 Å². The number of nitrogens with one attached hydrogen (secondary N) is 1. The number of hydrogen-bond donors (Lipinski definition) is 1.